The molecule has 0 spiro atoms. The van der Waals surface area contributed by atoms with Gasteiger partial charge in [-0.25, -0.2) is 9.18 Å². The molecule has 1 rings (SSSR count). The van der Waals surface area contributed by atoms with Crippen LogP contribution in [0.1, 0.15) is 17.3 Å². The van der Waals surface area contributed by atoms with Gasteiger partial charge in [-0.15, -0.1) is 0 Å². The molecule has 1 aromatic rings. The average Bonchev–Trinajstić information content (AvgIpc) is 2.26. The number of phenols is 2. The van der Waals surface area contributed by atoms with Gasteiger partial charge in [0, 0.05) is 0 Å². The minimum absolute atomic E-state index is 0.0176. The Morgan fingerprint density at radius 1 is 1.38 bits per heavy atom. The Morgan fingerprint density at radius 3 is 2.56 bits per heavy atom. The molecule has 0 radical (unpaired) electrons. The molecular weight excluding hydrogens is 219 g/mol. The highest BCUT2D eigenvalue weighted by atomic mass is 19.1. The van der Waals surface area contributed by atoms with Gasteiger partial charge in [-0.1, -0.05) is 0 Å². The number of carbonyl (C=O) groups is 2. The van der Waals surface area contributed by atoms with E-state index in [1.54, 1.807) is 0 Å². The maximum Gasteiger partial charge on any atom is 0.379 e. The molecule has 0 aliphatic carbocycles. The number of phenolic OH excluding ortho intramolecular Hbond substituents is 2. The quantitative estimate of drug-likeness (QED) is 0.348. The van der Waals surface area contributed by atoms with Gasteiger partial charge in [0.1, 0.15) is 0 Å². The molecule has 0 aromatic heterocycles. The normalized spacial score (nSPS) is 9.88. The van der Waals surface area contributed by atoms with E-state index >= 15 is 0 Å². The van der Waals surface area contributed by atoms with Crippen LogP contribution in [-0.2, 0) is 9.53 Å². The van der Waals surface area contributed by atoms with E-state index in [0.29, 0.717) is 0 Å². The lowest BCUT2D eigenvalue weighted by atomic mass is 10.1. The summed E-state index contributed by atoms with van der Waals surface area (Å²) in [6, 6.07) is 1.80. The number of aromatic hydroxyl groups is 2. The van der Waals surface area contributed by atoms with Gasteiger partial charge in [0.25, 0.3) is 5.78 Å². The van der Waals surface area contributed by atoms with Gasteiger partial charge < -0.3 is 14.9 Å². The van der Waals surface area contributed by atoms with Crippen LogP contribution in [0.25, 0.3) is 0 Å². The first-order chi connectivity index (χ1) is 7.49. The number of hydrogen-bond acceptors (Lipinski definition) is 5. The first-order valence-electron chi connectivity index (χ1n) is 4.41. The Hall–Kier alpha value is -2.11. The molecule has 0 atom stereocenters. The Morgan fingerprint density at radius 2 is 2.00 bits per heavy atom. The number of ether oxygens (including phenoxy) is 1. The fraction of sp³-hybridized carbons (Fsp3) is 0.200. The molecule has 6 heteroatoms. The predicted octanol–water partition coefficient (Wildman–Crippen LogP) is 0.983. The van der Waals surface area contributed by atoms with Crippen molar-refractivity contribution in [3.8, 4) is 11.5 Å². The standard InChI is InChI=1S/C10H9FO5/c1-2-16-10(15)8(13)5-3-4-6(12)9(14)7(5)11/h3-4,12,14H,2H2,1H3. The lowest BCUT2D eigenvalue weighted by Gasteiger charge is -2.04. The maximum absolute atomic E-state index is 13.3. The lowest BCUT2D eigenvalue weighted by molar-refractivity contribution is -0.137. The molecule has 5 nitrogen and oxygen atoms in total. The van der Waals surface area contributed by atoms with Gasteiger partial charge >= 0.3 is 5.97 Å². The van der Waals surface area contributed by atoms with Crippen LogP contribution in [-0.4, -0.2) is 28.6 Å². The van der Waals surface area contributed by atoms with Crippen molar-refractivity contribution in [2.45, 2.75) is 6.92 Å². The van der Waals surface area contributed by atoms with Gasteiger partial charge in [0.15, 0.2) is 17.3 Å². The summed E-state index contributed by atoms with van der Waals surface area (Å²) in [4.78, 5) is 22.3. The van der Waals surface area contributed by atoms with E-state index < -0.39 is 34.6 Å². The minimum atomic E-state index is -1.35. The Labute approximate surface area is 90.1 Å². The number of rotatable bonds is 3. The highest BCUT2D eigenvalue weighted by Gasteiger charge is 2.24. The smallest absolute Gasteiger partial charge is 0.379 e. The van der Waals surface area contributed by atoms with Gasteiger partial charge in [0.05, 0.1) is 12.2 Å². The molecule has 0 heterocycles. The summed E-state index contributed by atoms with van der Waals surface area (Å²) >= 11 is 0. The lowest BCUT2D eigenvalue weighted by Crippen LogP contribution is -2.18. The number of esters is 1. The molecule has 0 amide bonds. The second-order valence-corrected chi connectivity index (χ2v) is 2.84. The molecule has 0 saturated carbocycles. The molecule has 0 aliphatic heterocycles. The molecule has 16 heavy (non-hydrogen) atoms. The number of hydrogen-bond donors (Lipinski definition) is 2. The maximum atomic E-state index is 13.3. The van der Waals surface area contributed by atoms with Crippen LogP contribution in [0, 0.1) is 5.82 Å². The van der Waals surface area contributed by atoms with E-state index in [0.717, 1.165) is 12.1 Å². The second kappa shape index (κ2) is 4.61. The topological polar surface area (TPSA) is 83.8 Å². The molecular formula is C10H9FO5. The minimum Gasteiger partial charge on any atom is -0.504 e. The van der Waals surface area contributed by atoms with Crippen LogP contribution in [0.3, 0.4) is 0 Å². The first kappa shape index (κ1) is 12.0. The number of ketones is 1. The summed E-state index contributed by atoms with van der Waals surface area (Å²) in [7, 11) is 0. The summed E-state index contributed by atoms with van der Waals surface area (Å²) in [5, 5.41) is 17.9. The SMILES string of the molecule is CCOC(=O)C(=O)c1ccc(O)c(O)c1F. The van der Waals surface area contributed by atoms with Crippen LogP contribution in [0.4, 0.5) is 4.39 Å². The Bertz CT molecular complexity index is 441. The summed E-state index contributed by atoms with van der Waals surface area (Å²) in [5.74, 6) is -5.56. The van der Waals surface area contributed by atoms with E-state index in [-0.39, 0.29) is 6.61 Å². The van der Waals surface area contributed by atoms with Crippen molar-refractivity contribution in [1.82, 2.24) is 0 Å². The van der Waals surface area contributed by atoms with Crippen LogP contribution in [0.5, 0.6) is 11.5 Å². The number of benzene rings is 1. The zero-order valence-electron chi connectivity index (χ0n) is 8.36. The van der Waals surface area contributed by atoms with E-state index in [2.05, 4.69) is 4.74 Å². The highest BCUT2D eigenvalue weighted by Crippen LogP contribution is 2.29. The molecule has 0 fully saturated rings. The van der Waals surface area contributed by atoms with Crippen molar-refractivity contribution in [3.63, 3.8) is 0 Å². The number of Topliss-reactive ketones (excluding diaryl/α,β-unsaturated/α-hetero) is 1. The van der Waals surface area contributed by atoms with E-state index in [4.69, 9.17) is 10.2 Å². The second-order valence-electron chi connectivity index (χ2n) is 2.84. The van der Waals surface area contributed by atoms with Crippen molar-refractivity contribution in [2.75, 3.05) is 6.61 Å². The molecule has 0 bridgehead atoms. The van der Waals surface area contributed by atoms with Crippen LogP contribution < -0.4 is 0 Å². The predicted molar refractivity (Wildman–Crippen MR) is 50.7 cm³/mol. The van der Waals surface area contributed by atoms with E-state index in [1.165, 1.54) is 6.92 Å². The van der Waals surface area contributed by atoms with Crippen molar-refractivity contribution >= 4 is 11.8 Å². The summed E-state index contributed by atoms with van der Waals surface area (Å²) < 4.78 is 17.7. The largest absolute Gasteiger partial charge is 0.504 e. The number of carbonyl (C=O) groups excluding carboxylic acids is 2. The van der Waals surface area contributed by atoms with Gasteiger partial charge in [0.2, 0.25) is 0 Å². The number of halogens is 1. The molecule has 2 N–H and O–H groups in total. The molecule has 0 saturated heterocycles. The van der Waals surface area contributed by atoms with Crippen LogP contribution in [0.2, 0.25) is 0 Å². The van der Waals surface area contributed by atoms with E-state index in [1.807, 2.05) is 0 Å². The Balaban J connectivity index is 3.10. The average molecular weight is 228 g/mol. The third-order valence-corrected chi connectivity index (χ3v) is 1.80. The van der Waals surface area contributed by atoms with Gasteiger partial charge in [-0.3, -0.25) is 4.79 Å². The molecule has 86 valence electrons. The summed E-state index contributed by atoms with van der Waals surface area (Å²) in [5.41, 5.74) is -0.645. The van der Waals surface area contributed by atoms with Crippen LogP contribution >= 0.6 is 0 Å². The van der Waals surface area contributed by atoms with Crippen LogP contribution in [0.15, 0.2) is 12.1 Å². The zero-order valence-corrected chi connectivity index (χ0v) is 8.36. The highest BCUT2D eigenvalue weighted by molar-refractivity contribution is 6.40. The zero-order chi connectivity index (χ0) is 12.3. The van der Waals surface area contributed by atoms with Gasteiger partial charge in [-0.2, -0.15) is 0 Å². The van der Waals surface area contributed by atoms with Crippen molar-refractivity contribution < 1.29 is 28.9 Å². The molecule has 0 aliphatic rings. The summed E-state index contributed by atoms with van der Waals surface area (Å²) in [6.07, 6.45) is 0. The fourth-order valence-corrected chi connectivity index (χ4v) is 1.04. The summed E-state index contributed by atoms with van der Waals surface area (Å²) in [6.45, 7) is 1.48. The molecule has 0 unspecified atom stereocenters. The molecule has 1 aromatic carbocycles. The van der Waals surface area contributed by atoms with Gasteiger partial charge in [-0.05, 0) is 19.1 Å². The van der Waals surface area contributed by atoms with Crippen molar-refractivity contribution in [1.29, 1.82) is 0 Å². The Kier molecular flexibility index (Phi) is 3.44. The third-order valence-electron chi connectivity index (χ3n) is 1.80. The third kappa shape index (κ3) is 2.10. The fourth-order valence-electron chi connectivity index (χ4n) is 1.04. The monoisotopic (exact) mass is 228 g/mol. The van der Waals surface area contributed by atoms with Crippen molar-refractivity contribution in [2.24, 2.45) is 0 Å². The van der Waals surface area contributed by atoms with E-state index in [9.17, 15) is 14.0 Å². The van der Waals surface area contributed by atoms with Crippen molar-refractivity contribution in [3.05, 3.63) is 23.5 Å². The first-order valence-corrected chi connectivity index (χ1v) is 4.41.